The van der Waals surface area contributed by atoms with Crippen LogP contribution in [-0.4, -0.2) is 16.9 Å². The number of rotatable bonds is 0. The van der Waals surface area contributed by atoms with Crippen LogP contribution in [0.1, 0.15) is 19.3 Å². The Labute approximate surface area is 68.1 Å². The summed E-state index contributed by atoms with van der Waals surface area (Å²) in [5.41, 5.74) is 0. The molecular formula is C7H9BrO2. The van der Waals surface area contributed by atoms with E-state index in [0.29, 0.717) is 4.83 Å². The van der Waals surface area contributed by atoms with Crippen molar-refractivity contribution in [3.63, 3.8) is 0 Å². The van der Waals surface area contributed by atoms with Crippen molar-refractivity contribution in [1.82, 2.24) is 0 Å². The lowest BCUT2D eigenvalue weighted by Gasteiger charge is -2.19. The third kappa shape index (κ3) is 0.875. The van der Waals surface area contributed by atoms with Gasteiger partial charge in [-0.15, -0.1) is 0 Å². The fourth-order valence-corrected chi connectivity index (χ4v) is 2.26. The van der Waals surface area contributed by atoms with E-state index in [1.807, 2.05) is 0 Å². The molecule has 0 aromatic rings. The molecule has 1 aliphatic heterocycles. The minimum Gasteiger partial charge on any atom is -0.461 e. The van der Waals surface area contributed by atoms with E-state index in [1.165, 1.54) is 0 Å². The zero-order chi connectivity index (χ0) is 7.14. The molecule has 56 valence electrons. The van der Waals surface area contributed by atoms with Gasteiger partial charge in [0.05, 0.1) is 10.7 Å². The summed E-state index contributed by atoms with van der Waals surface area (Å²) in [6.45, 7) is 0. The van der Waals surface area contributed by atoms with Crippen molar-refractivity contribution in [2.24, 2.45) is 5.92 Å². The zero-order valence-electron chi connectivity index (χ0n) is 5.55. The first kappa shape index (κ1) is 6.65. The Morgan fingerprint density at radius 1 is 1.50 bits per heavy atom. The van der Waals surface area contributed by atoms with Gasteiger partial charge in [-0.2, -0.15) is 0 Å². The first-order valence-corrected chi connectivity index (χ1v) is 4.53. The SMILES string of the molecule is O=C1O[C@@H]2C[C@H]1CC[C@H]2Br. The summed E-state index contributed by atoms with van der Waals surface area (Å²) in [4.78, 5) is 11.4. The lowest BCUT2D eigenvalue weighted by atomic mass is 9.90. The summed E-state index contributed by atoms with van der Waals surface area (Å²) in [5.74, 6) is 0.241. The average Bonchev–Trinajstić information content (AvgIpc) is 2.21. The summed E-state index contributed by atoms with van der Waals surface area (Å²) in [6.07, 6.45) is 3.20. The largest absolute Gasteiger partial charge is 0.461 e. The predicted octanol–water partition coefficient (Wildman–Crippen LogP) is 1.48. The summed E-state index contributed by atoms with van der Waals surface area (Å²) in [7, 11) is 0. The number of alkyl halides is 1. The monoisotopic (exact) mass is 204 g/mol. The second-order valence-corrected chi connectivity index (χ2v) is 4.18. The lowest BCUT2D eigenvalue weighted by Crippen LogP contribution is -2.23. The van der Waals surface area contributed by atoms with Crippen molar-refractivity contribution in [3.8, 4) is 0 Å². The maximum Gasteiger partial charge on any atom is 0.309 e. The summed E-state index contributed by atoms with van der Waals surface area (Å²) >= 11 is 3.49. The van der Waals surface area contributed by atoms with E-state index in [0.717, 1.165) is 19.3 Å². The predicted molar refractivity (Wildman–Crippen MR) is 39.9 cm³/mol. The van der Waals surface area contributed by atoms with E-state index < -0.39 is 0 Å². The van der Waals surface area contributed by atoms with Crippen LogP contribution < -0.4 is 0 Å². The van der Waals surface area contributed by atoms with Gasteiger partial charge in [0.1, 0.15) is 6.10 Å². The van der Waals surface area contributed by atoms with Crippen LogP contribution >= 0.6 is 15.9 Å². The molecule has 0 aromatic carbocycles. The van der Waals surface area contributed by atoms with Gasteiger partial charge in [-0.3, -0.25) is 4.79 Å². The molecule has 0 aromatic heterocycles. The molecule has 10 heavy (non-hydrogen) atoms. The molecule has 0 amide bonds. The molecule has 1 saturated heterocycles. The van der Waals surface area contributed by atoms with Gasteiger partial charge in [-0.25, -0.2) is 0 Å². The fourth-order valence-electron chi connectivity index (χ4n) is 1.67. The molecule has 0 unspecified atom stereocenters. The number of halogens is 1. The highest BCUT2D eigenvalue weighted by atomic mass is 79.9. The average molecular weight is 205 g/mol. The van der Waals surface area contributed by atoms with Gasteiger partial charge >= 0.3 is 5.97 Å². The number of ether oxygens (including phenoxy) is 1. The van der Waals surface area contributed by atoms with Crippen molar-refractivity contribution < 1.29 is 9.53 Å². The van der Waals surface area contributed by atoms with Gasteiger partial charge in [-0.05, 0) is 19.3 Å². The Hall–Kier alpha value is -0.0500. The number of hydrogen-bond acceptors (Lipinski definition) is 2. The topological polar surface area (TPSA) is 26.3 Å². The molecule has 0 radical (unpaired) electrons. The normalized spacial score (nSPS) is 45.3. The van der Waals surface area contributed by atoms with E-state index in [-0.39, 0.29) is 18.0 Å². The van der Waals surface area contributed by atoms with Gasteiger partial charge < -0.3 is 4.74 Å². The zero-order valence-corrected chi connectivity index (χ0v) is 7.13. The van der Waals surface area contributed by atoms with Crippen LogP contribution in [0.15, 0.2) is 0 Å². The van der Waals surface area contributed by atoms with Gasteiger partial charge in [0, 0.05) is 0 Å². The van der Waals surface area contributed by atoms with Gasteiger partial charge in [0.2, 0.25) is 0 Å². The van der Waals surface area contributed by atoms with Crippen LogP contribution in [-0.2, 0) is 9.53 Å². The molecule has 2 rings (SSSR count). The summed E-state index contributed by atoms with van der Waals surface area (Å²) in [6, 6.07) is 0. The van der Waals surface area contributed by atoms with Crippen LogP contribution in [0.25, 0.3) is 0 Å². The molecule has 2 nitrogen and oxygen atoms in total. The third-order valence-corrected chi connectivity index (χ3v) is 3.36. The van der Waals surface area contributed by atoms with E-state index in [1.54, 1.807) is 0 Å². The Morgan fingerprint density at radius 2 is 2.30 bits per heavy atom. The van der Waals surface area contributed by atoms with Gasteiger partial charge in [-0.1, -0.05) is 15.9 Å². The van der Waals surface area contributed by atoms with Crippen LogP contribution in [0.5, 0.6) is 0 Å². The second kappa shape index (κ2) is 2.22. The Balaban J connectivity index is 2.15. The summed E-state index contributed by atoms with van der Waals surface area (Å²) < 4.78 is 5.11. The quantitative estimate of drug-likeness (QED) is 0.442. The van der Waals surface area contributed by atoms with Crippen molar-refractivity contribution in [2.75, 3.05) is 0 Å². The molecule has 2 bridgehead atoms. The molecule has 1 saturated carbocycles. The van der Waals surface area contributed by atoms with Crippen LogP contribution in [0.3, 0.4) is 0 Å². The first-order valence-electron chi connectivity index (χ1n) is 3.62. The van der Waals surface area contributed by atoms with Gasteiger partial charge in [0.15, 0.2) is 0 Å². The molecular weight excluding hydrogens is 196 g/mol. The van der Waals surface area contributed by atoms with Crippen LogP contribution in [0, 0.1) is 5.92 Å². The number of carbonyl (C=O) groups is 1. The smallest absolute Gasteiger partial charge is 0.309 e. The van der Waals surface area contributed by atoms with E-state index in [9.17, 15) is 4.79 Å². The molecule has 3 atom stereocenters. The summed E-state index contributed by atoms with van der Waals surface area (Å²) in [5, 5.41) is 0. The maximum absolute atomic E-state index is 11.0. The van der Waals surface area contributed by atoms with Crippen molar-refractivity contribution >= 4 is 21.9 Å². The maximum atomic E-state index is 11.0. The number of fused-ring (bicyclic) bond motifs is 2. The van der Waals surface area contributed by atoms with Crippen molar-refractivity contribution in [1.29, 1.82) is 0 Å². The van der Waals surface area contributed by atoms with Crippen molar-refractivity contribution in [3.05, 3.63) is 0 Å². The molecule has 2 fully saturated rings. The molecule has 0 N–H and O–H groups in total. The van der Waals surface area contributed by atoms with E-state index in [4.69, 9.17) is 4.74 Å². The number of esters is 1. The van der Waals surface area contributed by atoms with Crippen LogP contribution in [0.2, 0.25) is 0 Å². The Bertz CT molecular complexity index is 169. The molecule has 3 heteroatoms. The Morgan fingerprint density at radius 3 is 3.00 bits per heavy atom. The van der Waals surface area contributed by atoms with E-state index >= 15 is 0 Å². The van der Waals surface area contributed by atoms with Crippen molar-refractivity contribution in [2.45, 2.75) is 30.2 Å². The lowest BCUT2D eigenvalue weighted by molar-refractivity contribution is -0.143. The van der Waals surface area contributed by atoms with E-state index in [2.05, 4.69) is 15.9 Å². The molecule has 0 spiro atoms. The highest BCUT2D eigenvalue weighted by Crippen LogP contribution is 2.37. The first-order chi connectivity index (χ1) is 4.77. The Kier molecular flexibility index (Phi) is 1.48. The van der Waals surface area contributed by atoms with Crippen LogP contribution in [0.4, 0.5) is 0 Å². The number of hydrogen-bond donors (Lipinski definition) is 0. The highest BCUT2D eigenvalue weighted by molar-refractivity contribution is 9.09. The number of carbonyl (C=O) groups excluding carboxylic acids is 1. The molecule has 2 aliphatic rings. The fraction of sp³-hybridized carbons (Fsp3) is 0.857. The molecule has 1 heterocycles. The minimum atomic E-state index is 0.0203. The minimum absolute atomic E-state index is 0.0203. The van der Waals surface area contributed by atoms with Gasteiger partial charge in [0.25, 0.3) is 0 Å². The second-order valence-electron chi connectivity index (χ2n) is 3.00. The molecule has 1 aliphatic carbocycles. The third-order valence-electron chi connectivity index (χ3n) is 2.31. The standard InChI is InChI=1S/C7H9BrO2/c8-5-2-1-4-3-6(5)10-7(4)9/h4-6H,1-3H2/t4-,5-,6-/m1/s1. The highest BCUT2D eigenvalue weighted by Gasteiger charge is 2.41.